The molecular formula is C25H28Cl2. The van der Waals surface area contributed by atoms with Crippen molar-refractivity contribution in [2.75, 3.05) is 0 Å². The first-order valence-electron chi connectivity index (χ1n) is 9.45. The molecule has 0 saturated heterocycles. The van der Waals surface area contributed by atoms with Crippen LogP contribution in [0.15, 0.2) is 72.0 Å². The van der Waals surface area contributed by atoms with Crippen LogP contribution in [-0.2, 0) is 5.41 Å². The van der Waals surface area contributed by atoms with E-state index in [0.29, 0.717) is 0 Å². The van der Waals surface area contributed by atoms with Crippen LogP contribution in [0.25, 0.3) is 5.57 Å². The maximum Gasteiger partial charge on any atom is 0.162 e. The highest BCUT2D eigenvalue weighted by molar-refractivity contribution is 6.56. The third-order valence-electron chi connectivity index (χ3n) is 5.49. The Morgan fingerprint density at radius 3 is 1.70 bits per heavy atom. The average molecular weight is 399 g/mol. The fraction of sp³-hybridized carbons (Fsp3) is 0.400. The van der Waals surface area contributed by atoms with Crippen LogP contribution >= 0.6 is 23.2 Å². The molecule has 0 amide bonds. The Morgan fingerprint density at radius 1 is 0.778 bits per heavy atom. The zero-order valence-corrected chi connectivity index (χ0v) is 18.5. The molecule has 1 saturated carbocycles. The predicted molar refractivity (Wildman–Crippen MR) is 118 cm³/mol. The molecule has 1 unspecified atom stereocenters. The Balaban J connectivity index is 2.36. The van der Waals surface area contributed by atoms with Crippen molar-refractivity contribution in [2.45, 2.75) is 51.3 Å². The standard InChI is InChI=1S/C25H28Cl2/c1-22(2,3)20(18-13-9-7-10-14-18)17-21-24(23(4,5)6,25(21,26)27)19-15-11-8-12-16-19/h7-16H,1-6H3. The van der Waals surface area contributed by atoms with E-state index in [0.717, 1.165) is 22.3 Å². The molecule has 1 aliphatic carbocycles. The summed E-state index contributed by atoms with van der Waals surface area (Å²) < 4.78 is -0.974. The van der Waals surface area contributed by atoms with Crippen LogP contribution in [0.5, 0.6) is 0 Å². The maximum atomic E-state index is 6.98. The lowest BCUT2D eigenvalue weighted by atomic mass is 9.72. The lowest BCUT2D eigenvalue weighted by molar-refractivity contribution is 0.308. The molecule has 2 aromatic rings. The molecule has 0 heterocycles. The van der Waals surface area contributed by atoms with E-state index in [1.807, 2.05) is 24.3 Å². The van der Waals surface area contributed by atoms with Crippen LogP contribution in [0.4, 0.5) is 0 Å². The third kappa shape index (κ3) is 3.19. The van der Waals surface area contributed by atoms with Crippen LogP contribution < -0.4 is 0 Å². The fourth-order valence-electron chi connectivity index (χ4n) is 4.23. The summed E-state index contributed by atoms with van der Waals surface area (Å²) in [5.41, 5.74) is 7.40. The third-order valence-corrected chi connectivity index (χ3v) is 6.44. The summed E-state index contributed by atoms with van der Waals surface area (Å²) in [6.07, 6.45) is 0. The number of alkyl halides is 2. The van der Waals surface area contributed by atoms with Crippen molar-refractivity contribution >= 4 is 28.8 Å². The summed E-state index contributed by atoms with van der Waals surface area (Å²) in [5, 5.41) is 0. The van der Waals surface area contributed by atoms with Gasteiger partial charge in [-0.3, -0.25) is 0 Å². The number of hydrogen-bond donors (Lipinski definition) is 0. The molecule has 0 N–H and O–H groups in total. The van der Waals surface area contributed by atoms with E-state index in [1.165, 1.54) is 0 Å². The summed E-state index contributed by atoms with van der Waals surface area (Å²) in [5.74, 6) is 0. The summed E-state index contributed by atoms with van der Waals surface area (Å²) in [4.78, 5) is 0. The van der Waals surface area contributed by atoms with Gasteiger partial charge in [-0.05, 0) is 22.0 Å². The lowest BCUT2D eigenvalue weighted by Crippen LogP contribution is -2.31. The number of allylic oxidation sites excluding steroid dienone is 1. The Morgan fingerprint density at radius 2 is 1.26 bits per heavy atom. The van der Waals surface area contributed by atoms with Crippen LogP contribution in [0.1, 0.15) is 52.7 Å². The normalized spacial score (nSPS) is 21.6. The number of hydrogen-bond acceptors (Lipinski definition) is 0. The van der Waals surface area contributed by atoms with Crippen molar-refractivity contribution in [3.8, 4) is 0 Å². The fourth-order valence-corrected chi connectivity index (χ4v) is 5.49. The van der Waals surface area contributed by atoms with Gasteiger partial charge in [0.2, 0.25) is 0 Å². The van der Waals surface area contributed by atoms with Gasteiger partial charge in [0, 0.05) is 11.1 Å². The van der Waals surface area contributed by atoms with E-state index >= 15 is 0 Å². The van der Waals surface area contributed by atoms with Crippen molar-refractivity contribution in [1.29, 1.82) is 0 Å². The Labute approximate surface area is 173 Å². The smallest absolute Gasteiger partial charge is 0.113 e. The van der Waals surface area contributed by atoms with Gasteiger partial charge in [0.1, 0.15) is 0 Å². The summed E-state index contributed by atoms with van der Waals surface area (Å²) >= 11 is 14.0. The Kier molecular flexibility index (Phi) is 4.92. The molecule has 0 aromatic heterocycles. The molecule has 0 aliphatic heterocycles. The van der Waals surface area contributed by atoms with E-state index in [1.54, 1.807) is 0 Å². The molecule has 1 fully saturated rings. The highest BCUT2D eigenvalue weighted by atomic mass is 35.5. The van der Waals surface area contributed by atoms with Gasteiger partial charge in [-0.25, -0.2) is 0 Å². The van der Waals surface area contributed by atoms with Crippen LogP contribution in [-0.4, -0.2) is 4.33 Å². The molecule has 0 nitrogen and oxygen atoms in total. The molecule has 3 rings (SSSR count). The lowest BCUT2D eigenvalue weighted by Gasteiger charge is -2.32. The predicted octanol–water partition coefficient (Wildman–Crippen LogP) is 7.81. The first-order valence-corrected chi connectivity index (χ1v) is 10.2. The van der Waals surface area contributed by atoms with Gasteiger partial charge >= 0.3 is 0 Å². The zero-order valence-electron chi connectivity index (χ0n) is 17.0. The van der Waals surface area contributed by atoms with Gasteiger partial charge in [-0.2, -0.15) is 0 Å². The number of rotatable bonds is 2. The van der Waals surface area contributed by atoms with E-state index in [4.69, 9.17) is 23.2 Å². The largest absolute Gasteiger partial charge is 0.162 e. The van der Waals surface area contributed by atoms with Crippen LogP contribution in [0, 0.1) is 10.8 Å². The van der Waals surface area contributed by atoms with Crippen molar-refractivity contribution in [3.63, 3.8) is 0 Å². The first kappa shape index (κ1) is 20.3. The van der Waals surface area contributed by atoms with E-state index in [-0.39, 0.29) is 10.8 Å². The van der Waals surface area contributed by atoms with Gasteiger partial charge in [0.15, 0.2) is 4.33 Å². The minimum atomic E-state index is -0.974. The Bertz CT molecular complexity index is 887. The molecular weight excluding hydrogens is 371 g/mol. The maximum absolute atomic E-state index is 6.98. The molecule has 2 heteroatoms. The second kappa shape index (κ2) is 6.56. The van der Waals surface area contributed by atoms with E-state index in [2.05, 4.69) is 83.7 Å². The van der Waals surface area contributed by atoms with Crippen molar-refractivity contribution in [1.82, 2.24) is 0 Å². The molecule has 2 aromatic carbocycles. The molecule has 0 radical (unpaired) electrons. The van der Waals surface area contributed by atoms with Gasteiger partial charge in [-0.1, -0.05) is 125 Å². The molecule has 1 atom stereocenters. The van der Waals surface area contributed by atoms with E-state index in [9.17, 15) is 0 Å². The summed E-state index contributed by atoms with van der Waals surface area (Å²) in [6, 6.07) is 20.8. The molecule has 27 heavy (non-hydrogen) atoms. The monoisotopic (exact) mass is 398 g/mol. The topological polar surface area (TPSA) is 0 Å². The minimum absolute atomic E-state index is 0.0822. The second-order valence-corrected chi connectivity index (χ2v) is 10.8. The zero-order chi connectivity index (χ0) is 20.1. The van der Waals surface area contributed by atoms with E-state index < -0.39 is 9.75 Å². The van der Waals surface area contributed by atoms with Gasteiger partial charge < -0.3 is 0 Å². The first-order chi connectivity index (χ1) is 12.4. The van der Waals surface area contributed by atoms with Crippen molar-refractivity contribution in [3.05, 3.63) is 83.1 Å². The average Bonchev–Trinajstić information content (AvgIpc) is 3.09. The molecule has 0 spiro atoms. The van der Waals surface area contributed by atoms with Crippen LogP contribution in [0.2, 0.25) is 0 Å². The number of benzene rings is 2. The summed E-state index contributed by atoms with van der Waals surface area (Å²) in [7, 11) is 0. The highest BCUT2D eigenvalue weighted by Gasteiger charge is 2.77. The quantitative estimate of drug-likeness (QED) is 0.357. The van der Waals surface area contributed by atoms with Gasteiger partial charge in [-0.15, -0.1) is 5.73 Å². The second-order valence-electron chi connectivity index (χ2n) is 9.43. The molecule has 0 bridgehead atoms. The summed E-state index contributed by atoms with van der Waals surface area (Å²) in [6.45, 7) is 13.2. The van der Waals surface area contributed by atoms with Crippen molar-refractivity contribution < 1.29 is 0 Å². The Hall–Kier alpha value is -1.46. The van der Waals surface area contributed by atoms with Gasteiger partial charge in [0.05, 0.1) is 5.41 Å². The van der Waals surface area contributed by atoms with Crippen molar-refractivity contribution in [2.24, 2.45) is 10.8 Å². The molecule has 142 valence electrons. The highest BCUT2D eigenvalue weighted by Crippen LogP contribution is 2.75. The number of halogens is 2. The van der Waals surface area contributed by atoms with Gasteiger partial charge in [0.25, 0.3) is 0 Å². The minimum Gasteiger partial charge on any atom is -0.113 e. The van der Waals surface area contributed by atoms with Crippen LogP contribution in [0.3, 0.4) is 0 Å². The molecule has 1 aliphatic rings. The SMILES string of the molecule is CC(C)(C)C(=C=C1C(Cl)(Cl)C1(c1ccccc1)C(C)(C)C)c1ccccc1.